The van der Waals surface area contributed by atoms with Crippen LogP contribution in [0.2, 0.25) is 0 Å². The number of esters is 1. The van der Waals surface area contributed by atoms with E-state index in [9.17, 15) is 27.6 Å². The monoisotopic (exact) mass is 541 g/mol. The molecule has 39 heavy (non-hydrogen) atoms. The van der Waals surface area contributed by atoms with Crippen LogP contribution < -0.4 is 4.90 Å². The molecule has 3 aliphatic rings. The second-order valence-electron chi connectivity index (χ2n) is 10.3. The van der Waals surface area contributed by atoms with Crippen LogP contribution in [0.1, 0.15) is 35.7 Å². The number of hydrogen-bond acceptors (Lipinski definition) is 6. The first-order chi connectivity index (χ1) is 18.6. The number of carbonyl (C=O) groups excluding carboxylic acids is 3. The van der Waals surface area contributed by atoms with Crippen molar-refractivity contribution in [2.45, 2.75) is 31.5 Å². The molecule has 5 rings (SSSR count). The molecule has 0 unspecified atom stereocenters. The van der Waals surface area contributed by atoms with E-state index in [1.54, 1.807) is 30.0 Å². The van der Waals surface area contributed by atoms with Gasteiger partial charge in [0.25, 0.3) is 5.91 Å². The second kappa shape index (κ2) is 10.5. The van der Waals surface area contributed by atoms with Gasteiger partial charge >= 0.3 is 12.1 Å². The second-order valence-corrected chi connectivity index (χ2v) is 10.3. The van der Waals surface area contributed by atoms with Crippen LogP contribution >= 0.6 is 0 Å². The van der Waals surface area contributed by atoms with Gasteiger partial charge in [-0.3, -0.25) is 14.5 Å². The van der Waals surface area contributed by atoms with E-state index >= 15 is 0 Å². The lowest BCUT2D eigenvalue weighted by Gasteiger charge is -2.41. The summed E-state index contributed by atoms with van der Waals surface area (Å²) in [6.07, 6.45) is -3.61. The molecule has 0 aliphatic carbocycles. The highest BCUT2D eigenvalue weighted by molar-refractivity contribution is 6.07. The number of likely N-dealkylation sites (tertiary alicyclic amines) is 1. The van der Waals surface area contributed by atoms with Crippen molar-refractivity contribution in [3.05, 3.63) is 76.9 Å². The maximum absolute atomic E-state index is 13.7. The molecule has 0 aromatic heterocycles. The van der Waals surface area contributed by atoms with Crippen LogP contribution in [-0.4, -0.2) is 78.9 Å². The summed E-state index contributed by atoms with van der Waals surface area (Å²) in [5.74, 6) is -0.762. The summed E-state index contributed by atoms with van der Waals surface area (Å²) in [5.41, 5.74) is 0.0345. The number of ketones is 1. The first-order valence-corrected chi connectivity index (χ1v) is 13.0. The van der Waals surface area contributed by atoms with E-state index in [1.165, 1.54) is 6.07 Å². The van der Waals surface area contributed by atoms with Gasteiger partial charge in [0.2, 0.25) is 0 Å². The third-order valence-corrected chi connectivity index (χ3v) is 7.87. The molecule has 7 nitrogen and oxygen atoms in total. The maximum Gasteiger partial charge on any atom is 0.416 e. The first-order valence-electron chi connectivity index (χ1n) is 13.0. The fourth-order valence-electron chi connectivity index (χ4n) is 5.65. The van der Waals surface area contributed by atoms with Gasteiger partial charge in [-0.2, -0.15) is 13.2 Å². The van der Waals surface area contributed by atoms with Gasteiger partial charge in [-0.25, -0.2) is 4.79 Å². The number of amides is 1. The lowest BCUT2D eigenvalue weighted by Crippen LogP contribution is -2.53. The van der Waals surface area contributed by atoms with E-state index < -0.39 is 23.3 Å². The summed E-state index contributed by atoms with van der Waals surface area (Å²) in [5, 5.41) is 0. The van der Waals surface area contributed by atoms with Gasteiger partial charge in [0, 0.05) is 68.9 Å². The van der Waals surface area contributed by atoms with Crippen molar-refractivity contribution in [1.29, 1.82) is 0 Å². The van der Waals surface area contributed by atoms with Crippen molar-refractivity contribution in [3.8, 4) is 0 Å². The molecule has 10 heteroatoms. The minimum absolute atomic E-state index is 0.0108. The standard InChI is InChI=1S/C29H30F3N3O4/c1-20-25(26(37)35-16-14-34(15-17-35)23-9-5-8-22(18-23)29(30,31)32)28(39-27(20)38)10-12-33(13-11-28)19-24(36)21-6-3-2-4-7-21/h2-9,18H,10-17,19H2,1H3. The first kappa shape index (κ1) is 26.9. The van der Waals surface area contributed by atoms with Crippen LogP contribution in [0.4, 0.5) is 18.9 Å². The number of hydrogen-bond donors (Lipinski definition) is 0. The van der Waals surface area contributed by atoms with E-state index in [-0.39, 0.29) is 18.2 Å². The topological polar surface area (TPSA) is 70.2 Å². The molecule has 2 saturated heterocycles. The predicted molar refractivity (Wildman–Crippen MR) is 138 cm³/mol. The zero-order valence-corrected chi connectivity index (χ0v) is 21.7. The Kier molecular flexibility index (Phi) is 7.24. The number of piperidine rings is 1. The largest absolute Gasteiger partial charge is 0.450 e. The average Bonchev–Trinajstić information content (AvgIpc) is 3.18. The fraction of sp³-hybridized carbons (Fsp3) is 0.414. The maximum atomic E-state index is 13.7. The molecule has 2 aromatic carbocycles. The van der Waals surface area contributed by atoms with Crippen LogP contribution in [0, 0.1) is 0 Å². The minimum Gasteiger partial charge on any atom is -0.450 e. The highest BCUT2D eigenvalue weighted by Gasteiger charge is 2.52. The zero-order chi connectivity index (χ0) is 27.8. The van der Waals surface area contributed by atoms with Crippen molar-refractivity contribution in [3.63, 3.8) is 0 Å². The summed E-state index contributed by atoms with van der Waals surface area (Å²) in [4.78, 5) is 44.5. The van der Waals surface area contributed by atoms with Crippen molar-refractivity contribution in [2.24, 2.45) is 0 Å². The summed E-state index contributed by atoms with van der Waals surface area (Å²) in [7, 11) is 0. The third kappa shape index (κ3) is 5.43. The summed E-state index contributed by atoms with van der Waals surface area (Å²) in [6.45, 7) is 4.22. The van der Waals surface area contributed by atoms with Gasteiger partial charge in [0.05, 0.1) is 17.7 Å². The van der Waals surface area contributed by atoms with Gasteiger partial charge in [-0.1, -0.05) is 36.4 Å². The number of Topliss-reactive ketones (excluding diaryl/α,β-unsaturated/α-hetero) is 1. The molecule has 206 valence electrons. The normalized spacial score (nSPS) is 19.9. The van der Waals surface area contributed by atoms with Crippen LogP contribution in [0.5, 0.6) is 0 Å². The fourth-order valence-corrected chi connectivity index (χ4v) is 5.65. The number of ether oxygens (including phenoxy) is 1. The molecule has 3 heterocycles. The van der Waals surface area contributed by atoms with E-state index in [4.69, 9.17) is 4.74 Å². The van der Waals surface area contributed by atoms with Crippen molar-refractivity contribution in [2.75, 3.05) is 50.7 Å². The molecule has 1 amide bonds. The lowest BCUT2D eigenvalue weighted by atomic mass is 9.82. The number of halogens is 3. The Hall–Kier alpha value is -3.66. The number of alkyl halides is 3. The molecule has 0 N–H and O–H groups in total. The average molecular weight is 542 g/mol. The van der Waals surface area contributed by atoms with Gasteiger partial charge in [-0.05, 0) is 25.1 Å². The SMILES string of the molecule is CC1=C(C(=O)N2CCN(c3cccc(C(F)(F)F)c3)CC2)C2(CCN(CC(=O)c3ccccc3)CC2)OC1=O. The molecule has 1 spiro atoms. The molecular formula is C29H30F3N3O4. The van der Waals surface area contributed by atoms with E-state index in [0.29, 0.717) is 74.5 Å². The Bertz CT molecular complexity index is 1290. The van der Waals surface area contributed by atoms with Gasteiger partial charge < -0.3 is 14.5 Å². The van der Waals surface area contributed by atoms with Crippen LogP contribution in [0.25, 0.3) is 0 Å². The number of nitrogens with zero attached hydrogens (tertiary/aromatic N) is 3. The quantitative estimate of drug-likeness (QED) is 0.422. The Morgan fingerprint density at radius 1 is 0.923 bits per heavy atom. The van der Waals surface area contributed by atoms with E-state index in [2.05, 4.69) is 0 Å². The third-order valence-electron chi connectivity index (χ3n) is 7.87. The van der Waals surface area contributed by atoms with Crippen LogP contribution in [-0.2, 0) is 20.5 Å². The van der Waals surface area contributed by atoms with Gasteiger partial charge in [0.15, 0.2) is 5.78 Å². The van der Waals surface area contributed by atoms with Crippen LogP contribution in [0.15, 0.2) is 65.7 Å². The molecule has 0 atom stereocenters. The van der Waals surface area contributed by atoms with Gasteiger partial charge in [0.1, 0.15) is 5.60 Å². The highest BCUT2D eigenvalue weighted by Crippen LogP contribution is 2.42. The summed E-state index contributed by atoms with van der Waals surface area (Å²) >= 11 is 0. The van der Waals surface area contributed by atoms with Crippen LogP contribution in [0.3, 0.4) is 0 Å². The number of carbonyl (C=O) groups is 3. The molecule has 2 fully saturated rings. The molecule has 0 bridgehead atoms. The molecular weight excluding hydrogens is 511 g/mol. The van der Waals surface area contributed by atoms with Crippen molar-refractivity contribution >= 4 is 23.3 Å². The molecule has 0 radical (unpaired) electrons. The number of rotatable bonds is 5. The smallest absolute Gasteiger partial charge is 0.416 e. The molecule has 2 aromatic rings. The minimum atomic E-state index is -4.43. The Labute approximate surface area is 224 Å². The Morgan fingerprint density at radius 2 is 1.59 bits per heavy atom. The number of piperazine rings is 1. The van der Waals surface area contributed by atoms with E-state index in [1.807, 2.05) is 28.0 Å². The zero-order valence-electron chi connectivity index (χ0n) is 21.7. The lowest BCUT2D eigenvalue weighted by molar-refractivity contribution is -0.151. The van der Waals surface area contributed by atoms with E-state index in [0.717, 1.165) is 12.1 Å². The van der Waals surface area contributed by atoms with Gasteiger partial charge in [-0.15, -0.1) is 0 Å². The van der Waals surface area contributed by atoms with Crippen molar-refractivity contribution < 1.29 is 32.3 Å². The number of anilines is 1. The predicted octanol–water partition coefficient (Wildman–Crippen LogP) is 3.94. The molecule has 3 aliphatic heterocycles. The highest BCUT2D eigenvalue weighted by atomic mass is 19.4. The summed E-state index contributed by atoms with van der Waals surface area (Å²) in [6, 6.07) is 14.2. The molecule has 0 saturated carbocycles. The summed E-state index contributed by atoms with van der Waals surface area (Å²) < 4.78 is 45.3. The Balaban J connectivity index is 1.23. The van der Waals surface area contributed by atoms with Crippen molar-refractivity contribution in [1.82, 2.24) is 9.80 Å². The Morgan fingerprint density at radius 3 is 2.23 bits per heavy atom. The number of benzene rings is 2.